The molecule has 0 saturated carbocycles. The molecule has 0 aliphatic rings. The SMILES string of the molecule is CC(C(=O)O)c1ccc(CO)cc1.COc1ccc(C(C)C(=O)Oc2cc(O)cc(O)c2)cc1.COc1ccc(C(C)C(=O)c2c(O)cc(O)cc2O)cc1.Oc1cc(O)cc(O)c1. The quantitative estimate of drug-likeness (QED) is 0.0338. The number of phenolic OH excluding ortho intramolecular Hbond substituents is 8. The zero-order valence-corrected chi connectivity index (χ0v) is 35.4. The van der Waals surface area contributed by atoms with E-state index in [0.717, 1.165) is 58.7 Å². The van der Waals surface area contributed by atoms with E-state index >= 15 is 0 Å². The Labute approximate surface area is 368 Å². The van der Waals surface area contributed by atoms with Gasteiger partial charge in [0.25, 0.3) is 0 Å². The first-order valence-electron chi connectivity index (χ1n) is 19.2. The number of rotatable bonds is 11. The van der Waals surface area contributed by atoms with Crippen LogP contribution in [0.4, 0.5) is 0 Å². The number of methoxy groups -OCH3 is 2. The van der Waals surface area contributed by atoms with Crippen molar-refractivity contribution in [3.05, 3.63) is 149 Å². The molecule has 0 aliphatic heterocycles. The molecule has 0 fully saturated rings. The number of esters is 1. The fraction of sp³-hybridized carbons (Fsp3) is 0.188. The van der Waals surface area contributed by atoms with E-state index in [1.54, 1.807) is 108 Å². The lowest BCUT2D eigenvalue weighted by atomic mass is 9.91. The second kappa shape index (κ2) is 23.8. The molecule has 0 bridgehead atoms. The summed E-state index contributed by atoms with van der Waals surface area (Å²) in [6.45, 7) is 5.01. The smallest absolute Gasteiger partial charge is 0.318 e. The first kappa shape index (κ1) is 50.2. The number of aliphatic hydroxyl groups is 1. The van der Waals surface area contributed by atoms with Gasteiger partial charge in [0.05, 0.1) is 32.7 Å². The van der Waals surface area contributed by atoms with Crippen molar-refractivity contribution < 1.29 is 79.7 Å². The monoisotopic (exact) mass is 882 g/mol. The van der Waals surface area contributed by atoms with Crippen LogP contribution < -0.4 is 14.2 Å². The van der Waals surface area contributed by atoms with Gasteiger partial charge in [0.2, 0.25) is 0 Å². The first-order chi connectivity index (χ1) is 30.3. The highest BCUT2D eigenvalue weighted by Gasteiger charge is 2.24. The van der Waals surface area contributed by atoms with Gasteiger partial charge in [-0.3, -0.25) is 14.4 Å². The van der Waals surface area contributed by atoms with Crippen molar-refractivity contribution >= 4 is 17.7 Å². The minimum Gasteiger partial charge on any atom is -0.508 e. The Balaban J connectivity index is 0.000000238. The summed E-state index contributed by atoms with van der Waals surface area (Å²) in [4.78, 5) is 35.1. The van der Waals surface area contributed by atoms with Crippen LogP contribution in [0.1, 0.15) is 71.1 Å². The second-order valence-corrected chi connectivity index (χ2v) is 14.0. The Kier molecular flexibility index (Phi) is 18.7. The van der Waals surface area contributed by atoms with Crippen molar-refractivity contribution in [1.29, 1.82) is 0 Å². The third kappa shape index (κ3) is 15.1. The number of ketones is 1. The Morgan fingerprint density at radius 1 is 0.469 bits per heavy atom. The van der Waals surface area contributed by atoms with Crippen molar-refractivity contribution in [1.82, 2.24) is 0 Å². The fourth-order valence-electron chi connectivity index (χ4n) is 5.60. The van der Waals surface area contributed by atoms with E-state index in [1.165, 1.54) is 12.1 Å². The number of aliphatic hydroxyl groups excluding tert-OH is 1. The first-order valence-corrected chi connectivity index (χ1v) is 19.2. The molecule has 0 spiro atoms. The maximum Gasteiger partial charge on any atom is 0.318 e. The van der Waals surface area contributed by atoms with Crippen molar-refractivity contribution in [3.8, 4) is 63.2 Å². The standard InChI is InChI=1S/2C16H16O5.C10H12O3.C6H6O3/c1-10(11-3-5-14(20-2)6-4-11)16(19)21-15-8-12(17)7-13(18)9-15;1-9(10-3-5-12(21-2)6-4-10)16(20)15-13(18)7-11(17)8-14(15)19;1-7(10(12)13)9-4-2-8(6-11)3-5-9;7-4-1-5(8)3-6(9)2-4/h3-10,17-18H,1-2H3;3-9,17-19H,1-2H3;2-5,7,11H,6H2,1H3,(H,12,13);1-3,7-9H. The van der Waals surface area contributed by atoms with Crippen molar-refractivity contribution in [2.75, 3.05) is 14.2 Å². The predicted octanol–water partition coefficient (Wildman–Crippen LogP) is 7.78. The molecule has 338 valence electrons. The third-order valence-electron chi connectivity index (χ3n) is 9.32. The molecule has 0 aromatic heterocycles. The molecule has 6 aromatic carbocycles. The molecular formula is C48H50O16. The molecule has 64 heavy (non-hydrogen) atoms. The molecule has 10 N–H and O–H groups in total. The normalized spacial score (nSPS) is 11.6. The van der Waals surface area contributed by atoms with E-state index in [2.05, 4.69) is 0 Å². The molecule has 0 aliphatic carbocycles. The van der Waals surface area contributed by atoms with Gasteiger partial charge < -0.3 is 65.3 Å². The molecular weight excluding hydrogens is 833 g/mol. The minimum atomic E-state index is -0.836. The summed E-state index contributed by atoms with van der Waals surface area (Å²) in [5, 5.41) is 91.0. The van der Waals surface area contributed by atoms with E-state index in [0.29, 0.717) is 11.5 Å². The average Bonchev–Trinajstić information content (AvgIpc) is 3.25. The number of benzene rings is 6. The number of carbonyl (C=O) groups excluding carboxylic acids is 2. The topological polar surface area (TPSA) is 281 Å². The number of ether oxygens (including phenoxy) is 3. The molecule has 3 unspecified atom stereocenters. The lowest BCUT2D eigenvalue weighted by Gasteiger charge is -2.14. The highest BCUT2D eigenvalue weighted by Crippen LogP contribution is 2.36. The van der Waals surface area contributed by atoms with Gasteiger partial charge in [0.15, 0.2) is 5.78 Å². The highest BCUT2D eigenvalue weighted by atomic mass is 16.5. The van der Waals surface area contributed by atoms with Crippen LogP contribution in [0.15, 0.2) is 121 Å². The van der Waals surface area contributed by atoms with Gasteiger partial charge in [-0.15, -0.1) is 0 Å². The van der Waals surface area contributed by atoms with Gasteiger partial charge in [-0.1, -0.05) is 55.5 Å². The van der Waals surface area contributed by atoms with Crippen molar-refractivity contribution in [2.24, 2.45) is 0 Å². The van der Waals surface area contributed by atoms with Crippen LogP contribution in [0.5, 0.6) is 63.2 Å². The number of aromatic hydroxyl groups is 8. The van der Waals surface area contributed by atoms with Crippen LogP contribution in [0.2, 0.25) is 0 Å². The Bertz CT molecular complexity index is 2370. The van der Waals surface area contributed by atoms with Crippen molar-refractivity contribution in [3.63, 3.8) is 0 Å². The van der Waals surface area contributed by atoms with E-state index in [-0.39, 0.29) is 52.4 Å². The van der Waals surface area contributed by atoms with Crippen LogP contribution in [0, 0.1) is 0 Å². The summed E-state index contributed by atoms with van der Waals surface area (Å²) >= 11 is 0. The summed E-state index contributed by atoms with van der Waals surface area (Å²) in [6.07, 6.45) is 0. The maximum absolute atomic E-state index is 12.4. The molecule has 6 aromatic rings. The number of aliphatic carboxylic acids is 1. The lowest BCUT2D eigenvalue weighted by Crippen LogP contribution is -2.16. The zero-order valence-electron chi connectivity index (χ0n) is 35.4. The fourth-order valence-corrected chi connectivity index (χ4v) is 5.60. The van der Waals surface area contributed by atoms with Crippen molar-refractivity contribution in [2.45, 2.75) is 45.1 Å². The Morgan fingerprint density at radius 3 is 1.19 bits per heavy atom. The van der Waals surface area contributed by atoms with Crippen LogP contribution >= 0.6 is 0 Å². The molecule has 3 atom stereocenters. The summed E-state index contributed by atoms with van der Waals surface area (Å²) in [5.41, 5.74) is 2.86. The third-order valence-corrected chi connectivity index (χ3v) is 9.32. The van der Waals surface area contributed by atoms with E-state index in [9.17, 15) is 39.9 Å². The summed E-state index contributed by atoms with van der Waals surface area (Å²) in [6, 6.07) is 30.1. The molecule has 16 heteroatoms. The van der Waals surface area contributed by atoms with E-state index < -0.39 is 47.0 Å². The van der Waals surface area contributed by atoms with Crippen LogP contribution in [-0.2, 0) is 16.2 Å². The number of phenols is 8. The molecule has 6 rings (SSSR count). The predicted molar refractivity (Wildman–Crippen MR) is 234 cm³/mol. The molecule has 0 saturated heterocycles. The van der Waals surface area contributed by atoms with E-state index in [4.69, 9.17) is 39.7 Å². The zero-order chi connectivity index (χ0) is 47.7. The van der Waals surface area contributed by atoms with E-state index in [1.807, 2.05) is 0 Å². The molecule has 16 nitrogen and oxygen atoms in total. The summed E-state index contributed by atoms with van der Waals surface area (Å²) < 4.78 is 15.3. The number of Topliss-reactive ketones (excluding diaryl/α,β-unsaturated/α-hetero) is 1. The Hall–Kier alpha value is -8.11. The molecule has 0 heterocycles. The number of carbonyl (C=O) groups is 3. The van der Waals surface area contributed by atoms with Gasteiger partial charge >= 0.3 is 11.9 Å². The molecule has 0 amide bonds. The lowest BCUT2D eigenvalue weighted by molar-refractivity contribution is -0.138. The number of carboxylic acids is 1. The maximum atomic E-state index is 12.4. The largest absolute Gasteiger partial charge is 0.508 e. The van der Waals surface area contributed by atoms with Crippen LogP contribution in [0.25, 0.3) is 0 Å². The Morgan fingerprint density at radius 2 is 0.812 bits per heavy atom. The van der Waals surface area contributed by atoms with Gasteiger partial charge in [0, 0.05) is 54.4 Å². The van der Waals surface area contributed by atoms with Gasteiger partial charge in [-0.05, 0) is 60.4 Å². The summed E-state index contributed by atoms with van der Waals surface area (Å²) in [7, 11) is 3.12. The van der Waals surface area contributed by atoms with Crippen LogP contribution in [-0.4, -0.2) is 83.0 Å². The second-order valence-electron chi connectivity index (χ2n) is 14.0. The van der Waals surface area contributed by atoms with Gasteiger partial charge in [-0.25, -0.2) is 0 Å². The minimum absolute atomic E-state index is 0.0122. The molecule has 0 radical (unpaired) electrons. The van der Waals surface area contributed by atoms with Gasteiger partial charge in [0.1, 0.15) is 68.8 Å². The summed E-state index contributed by atoms with van der Waals surface area (Å²) in [5.74, 6) is -3.79. The number of hydrogen-bond acceptors (Lipinski definition) is 15. The highest BCUT2D eigenvalue weighted by molar-refractivity contribution is 6.05. The number of carboxylic acid groups (broad SMARTS) is 1. The number of hydrogen-bond donors (Lipinski definition) is 10. The van der Waals surface area contributed by atoms with Crippen LogP contribution in [0.3, 0.4) is 0 Å². The average molecular weight is 883 g/mol. The van der Waals surface area contributed by atoms with Gasteiger partial charge in [-0.2, -0.15) is 0 Å².